The van der Waals surface area contributed by atoms with Crippen LogP contribution in [0.25, 0.3) is 0 Å². The van der Waals surface area contributed by atoms with Crippen LogP contribution in [0.2, 0.25) is 0 Å². The molecule has 1 saturated heterocycles. The van der Waals surface area contributed by atoms with Gasteiger partial charge in [0.2, 0.25) is 0 Å². The van der Waals surface area contributed by atoms with Gasteiger partial charge in [-0.1, -0.05) is 26.8 Å². The summed E-state index contributed by atoms with van der Waals surface area (Å²) >= 11 is 0. The van der Waals surface area contributed by atoms with E-state index in [-0.39, 0.29) is 5.41 Å². The van der Waals surface area contributed by atoms with E-state index in [1.54, 1.807) is 0 Å². The van der Waals surface area contributed by atoms with Gasteiger partial charge in [0.1, 0.15) is 0 Å². The molecular weight excluding hydrogens is 248 g/mol. The molecule has 0 saturated carbocycles. The van der Waals surface area contributed by atoms with Crippen LogP contribution in [0.1, 0.15) is 26.5 Å². The minimum absolute atomic E-state index is 0.0212. The molecular formula is C13H20N2O2S. The largest absolute Gasteiger partial charge is 0.379 e. The predicted octanol–water partition coefficient (Wildman–Crippen LogP) is 2.51. The van der Waals surface area contributed by atoms with Crippen LogP contribution < -0.4 is 0 Å². The highest BCUT2D eigenvalue weighted by Gasteiger charge is 2.18. The van der Waals surface area contributed by atoms with Crippen LogP contribution in [0.4, 0.5) is 5.82 Å². The van der Waals surface area contributed by atoms with Crippen LogP contribution >= 0.6 is 0 Å². The maximum atomic E-state index is 12.4. The molecule has 2 heterocycles. The molecule has 0 unspecified atom stereocenters. The van der Waals surface area contributed by atoms with Gasteiger partial charge < -0.3 is 4.74 Å². The van der Waals surface area contributed by atoms with Crippen molar-refractivity contribution in [2.45, 2.75) is 26.2 Å². The predicted molar refractivity (Wildman–Crippen MR) is 73.7 cm³/mol. The Balaban J connectivity index is 2.35. The summed E-state index contributed by atoms with van der Waals surface area (Å²) in [5.74, 6) is 1.59. The molecule has 4 nitrogen and oxygen atoms in total. The summed E-state index contributed by atoms with van der Waals surface area (Å²) in [4.78, 5) is 4.50. The standard InChI is InChI=1S/C13H20N2O2S/c1-13(2,3)11-5-4-6-12(14-11)15-18(16)9-7-17-8-10-18/h4-6H,7-10H2,1-3H3. The lowest BCUT2D eigenvalue weighted by molar-refractivity contribution is 0.158. The summed E-state index contributed by atoms with van der Waals surface area (Å²) in [7, 11) is -2.17. The molecule has 0 atom stereocenters. The minimum Gasteiger partial charge on any atom is -0.379 e. The Bertz CT molecular complexity index is 528. The van der Waals surface area contributed by atoms with Crippen molar-refractivity contribution in [3.05, 3.63) is 23.9 Å². The van der Waals surface area contributed by atoms with Gasteiger partial charge >= 0.3 is 0 Å². The minimum atomic E-state index is -2.17. The lowest BCUT2D eigenvalue weighted by Gasteiger charge is -2.18. The first-order chi connectivity index (χ1) is 8.39. The van der Waals surface area contributed by atoms with Crippen molar-refractivity contribution < 1.29 is 8.95 Å². The molecule has 1 fully saturated rings. The zero-order chi connectivity index (χ0) is 13.2. The van der Waals surface area contributed by atoms with Gasteiger partial charge in [0.25, 0.3) is 0 Å². The van der Waals surface area contributed by atoms with Crippen molar-refractivity contribution >= 4 is 15.5 Å². The highest BCUT2D eigenvalue weighted by Crippen LogP contribution is 2.23. The molecule has 0 radical (unpaired) electrons. The van der Waals surface area contributed by atoms with E-state index in [0.29, 0.717) is 30.5 Å². The summed E-state index contributed by atoms with van der Waals surface area (Å²) in [6.45, 7) is 7.37. The maximum Gasteiger partial charge on any atom is 0.161 e. The molecule has 1 aliphatic rings. The van der Waals surface area contributed by atoms with Crippen LogP contribution in [-0.4, -0.2) is 33.9 Å². The van der Waals surface area contributed by atoms with Gasteiger partial charge in [0.15, 0.2) is 5.82 Å². The van der Waals surface area contributed by atoms with Crippen molar-refractivity contribution in [1.29, 1.82) is 0 Å². The average molecular weight is 268 g/mol. The third-order valence-electron chi connectivity index (χ3n) is 2.86. The summed E-state index contributed by atoms with van der Waals surface area (Å²) in [5, 5.41) is 0. The van der Waals surface area contributed by atoms with Crippen LogP contribution in [0.5, 0.6) is 0 Å². The summed E-state index contributed by atoms with van der Waals surface area (Å²) < 4.78 is 22.0. The molecule has 0 amide bonds. The van der Waals surface area contributed by atoms with E-state index in [0.717, 1.165) is 5.69 Å². The first kappa shape index (κ1) is 13.5. The van der Waals surface area contributed by atoms with Crippen molar-refractivity contribution in [3.8, 4) is 0 Å². The third kappa shape index (κ3) is 3.29. The zero-order valence-corrected chi connectivity index (χ0v) is 12.0. The molecule has 2 rings (SSSR count). The lowest BCUT2D eigenvalue weighted by atomic mass is 9.92. The molecule has 1 aromatic rings. The van der Waals surface area contributed by atoms with Gasteiger partial charge in [-0.2, -0.15) is 4.36 Å². The van der Waals surface area contributed by atoms with Gasteiger partial charge in [-0.3, -0.25) is 0 Å². The second-order valence-electron chi connectivity index (χ2n) is 5.52. The number of pyridine rings is 1. The Kier molecular flexibility index (Phi) is 3.73. The number of aromatic nitrogens is 1. The fraction of sp³-hybridized carbons (Fsp3) is 0.615. The summed E-state index contributed by atoms with van der Waals surface area (Å²) in [6.07, 6.45) is 0. The summed E-state index contributed by atoms with van der Waals surface area (Å²) in [6, 6.07) is 5.72. The monoisotopic (exact) mass is 268 g/mol. The maximum absolute atomic E-state index is 12.4. The molecule has 0 N–H and O–H groups in total. The SMILES string of the molecule is CC(C)(C)c1cccc(N=S2(=O)CCOCC2)n1. The van der Waals surface area contributed by atoms with E-state index < -0.39 is 9.73 Å². The highest BCUT2D eigenvalue weighted by molar-refractivity contribution is 7.93. The molecule has 0 bridgehead atoms. The Hall–Kier alpha value is -0.940. The van der Waals surface area contributed by atoms with Gasteiger partial charge in [-0.25, -0.2) is 9.19 Å². The molecule has 0 spiro atoms. The molecule has 100 valence electrons. The molecule has 0 aromatic carbocycles. The Morgan fingerprint density at radius 3 is 2.56 bits per heavy atom. The van der Waals surface area contributed by atoms with Crippen LogP contribution in [0.15, 0.2) is 22.6 Å². The normalized spacial score (nSPS) is 19.5. The number of rotatable bonds is 1. The van der Waals surface area contributed by atoms with Crippen LogP contribution in [0.3, 0.4) is 0 Å². The Labute approximate surface area is 109 Å². The highest BCUT2D eigenvalue weighted by atomic mass is 32.2. The van der Waals surface area contributed by atoms with Gasteiger partial charge in [-0.15, -0.1) is 0 Å². The van der Waals surface area contributed by atoms with E-state index in [1.165, 1.54) is 0 Å². The van der Waals surface area contributed by atoms with Gasteiger partial charge in [-0.05, 0) is 12.1 Å². The van der Waals surface area contributed by atoms with E-state index in [4.69, 9.17) is 4.74 Å². The van der Waals surface area contributed by atoms with Crippen molar-refractivity contribution in [2.75, 3.05) is 24.7 Å². The smallest absolute Gasteiger partial charge is 0.161 e. The number of hydrogen-bond donors (Lipinski definition) is 0. The van der Waals surface area contributed by atoms with E-state index in [2.05, 4.69) is 30.1 Å². The van der Waals surface area contributed by atoms with Crippen molar-refractivity contribution in [2.24, 2.45) is 4.36 Å². The summed E-state index contributed by atoms with van der Waals surface area (Å²) in [5.41, 5.74) is 0.950. The van der Waals surface area contributed by atoms with Crippen LogP contribution in [-0.2, 0) is 19.9 Å². The van der Waals surface area contributed by atoms with Gasteiger partial charge in [0.05, 0.1) is 34.4 Å². The molecule has 1 aliphatic heterocycles. The first-order valence-corrected chi connectivity index (χ1v) is 8.02. The topological polar surface area (TPSA) is 51.5 Å². The Morgan fingerprint density at radius 1 is 1.28 bits per heavy atom. The van der Waals surface area contributed by atoms with Crippen molar-refractivity contribution in [1.82, 2.24) is 4.98 Å². The Morgan fingerprint density at radius 2 is 1.94 bits per heavy atom. The average Bonchev–Trinajstić information content (AvgIpc) is 2.28. The van der Waals surface area contributed by atoms with Crippen LogP contribution in [0, 0.1) is 0 Å². The van der Waals surface area contributed by atoms with E-state index >= 15 is 0 Å². The van der Waals surface area contributed by atoms with E-state index in [1.807, 2.05) is 18.2 Å². The fourth-order valence-electron chi connectivity index (χ4n) is 1.74. The zero-order valence-electron chi connectivity index (χ0n) is 11.2. The van der Waals surface area contributed by atoms with Crippen molar-refractivity contribution in [3.63, 3.8) is 0 Å². The first-order valence-electron chi connectivity index (χ1n) is 6.17. The fourth-order valence-corrected chi connectivity index (χ4v) is 3.32. The molecule has 1 aromatic heterocycles. The third-order valence-corrected chi connectivity index (χ3v) is 4.98. The number of nitrogens with zero attached hydrogens (tertiary/aromatic N) is 2. The quantitative estimate of drug-likeness (QED) is 0.786. The van der Waals surface area contributed by atoms with E-state index in [9.17, 15) is 4.21 Å². The number of ether oxygens (including phenoxy) is 1. The lowest BCUT2D eigenvalue weighted by Crippen LogP contribution is -2.25. The second-order valence-corrected chi connectivity index (χ2v) is 8.06. The molecule has 0 aliphatic carbocycles. The van der Waals surface area contributed by atoms with Gasteiger partial charge in [0, 0.05) is 11.1 Å². The molecule has 18 heavy (non-hydrogen) atoms. The second kappa shape index (κ2) is 4.97. The molecule has 5 heteroatoms. The number of hydrogen-bond acceptors (Lipinski definition) is 4.